The molecule has 4 atom stereocenters. The van der Waals surface area contributed by atoms with Gasteiger partial charge in [0.2, 0.25) is 5.91 Å². The fraction of sp³-hybridized carbons (Fsp3) is 0.414. The molecule has 10 heteroatoms. The Labute approximate surface area is 224 Å². The van der Waals surface area contributed by atoms with E-state index in [1.165, 1.54) is 23.1 Å². The number of ether oxygens (including phenoxy) is 1. The fourth-order valence-electron chi connectivity index (χ4n) is 5.84. The van der Waals surface area contributed by atoms with E-state index < -0.39 is 41.1 Å². The van der Waals surface area contributed by atoms with Crippen LogP contribution < -0.4 is 10.9 Å². The molecule has 2 aromatic carbocycles. The predicted octanol–water partition coefficient (Wildman–Crippen LogP) is 4.03. The molecule has 5 rings (SSSR count). The van der Waals surface area contributed by atoms with E-state index in [-0.39, 0.29) is 29.3 Å². The number of halogens is 1. The van der Waals surface area contributed by atoms with Crippen molar-refractivity contribution in [3.63, 3.8) is 0 Å². The molecule has 2 bridgehead atoms. The molecule has 2 aliphatic rings. The van der Waals surface area contributed by atoms with Crippen molar-refractivity contribution >= 4 is 33.7 Å². The number of piperidine rings is 1. The third-order valence-corrected chi connectivity index (χ3v) is 7.47. The number of hydrogen-bond acceptors (Lipinski definition) is 6. The zero-order chi connectivity index (χ0) is 28.1. The van der Waals surface area contributed by atoms with Gasteiger partial charge in [0, 0.05) is 23.2 Å². The molecule has 0 radical (unpaired) electrons. The molecular formula is C29H28FN5O4. The Balaban J connectivity index is 1.39. The first-order valence-electron chi connectivity index (χ1n) is 12.9. The van der Waals surface area contributed by atoms with Crippen molar-refractivity contribution in [3.8, 4) is 12.1 Å². The van der Waals surface area contributed by atoms with Gasteiger partial charge in [-0.3, -0.25) is 14.5 Å². The van der Waals surface area contributed by atoms with Gasteiger partial charge < -0.3 is 15.0 Å². The first-order valence-corrected chi connectivity index (χ1v) is 12.9. The number of nitrogens with zero attached hydrogens (tertiary/aromatic N) is 3. The van der Waals surface area contributed by atoms with E-state index in [1.807, 2.05) is 12.1 Å². The van der Waals surface area contributed by atoms with E-state index in [1.54, 1.807) is 32.9 Å². The molecule has 1 aliphatic heterocycles. The fourth-order valence-corrected chi connectivity index (χ4v) is 5.84. The molecule has 1 saturated heterocycles. The number of fused-ring (bicyclic) bond motifs is 5. The van der Waals surface area contributed by atoms with Crippen molar-refractivity contribution in [3.05, 3.63) is 57.6 Å². The summed E-state index contributed by atoms with van der Waals surface area (Å²) in [7, 11) is 0. The lowest BCUT2D eigenvalue weighted by Crippen LogP contribution is -2.55. The number of likely N-dealkylation sites (tertiary alicyclic amines) is 1. The summed E-state index contributed by atoms with van der Waals surface area (Å²) in [5, 5.41) is 22.8. The number of rotatable bonds is 4. The lowest BCUT2D eigenvalue weighted by molar-refractivity contribution is -0.128. The van der Waals surface area contributed by atoms with Gasteiger partial charge in [-0.2, -0.15) is 10.5 Å². The van der Waals surface area contributed by atoms with Gasteiger partial charge in [-0.05, 0) is 81.2 Å². The van der Waals surface area contributed by atoms with Crippen LogP contribution in [0.1, 0.15) is 51.2 Å². The lowest BCUT2D eigenvalue weighted by Gasteiger charge is -2.35. The smallest absolute Gasteiger partial charge is 0.411 e. The Morgan fingerprint density at radius 1 is 1.18 bits per heavy atom. The Morgan fingerprint density at radius 3 is 2.64 bits per heavy atom. The molecule has 2 heterocycles. The van der Waals surface area contributed by atoms with Crippen molar-refractivity contribution < 1.29 is 18.7 Å². The highest BCUT2D eigenvalue weighted by atomic mass is 19.1. The molecule has 200 valence electrons. The van der Waals surface area contributed by atoms with Gasteiger partial charge in [-0.1, -0.05) is 6.07 Å². The third kappa shape index (κ3) is 4.90. The minimum absolute atomic E-state index is 0.0346. The van der Waals surface area contributed by atoms with Crippen LogP contribution in [0, 0.1) is 34.4 Å². The summed E-state index contributed by atoms with van der Waals surface area (Å²) in [5.74, 6) is -1.13. The Morgan fingerprint density at radius 2 is 1.95 bits per heavy atom. The molecule has 39 heavy (non-hydrogen) atoms. The van der Waals surface area contributed by atoms with E-state index in [2.05, 4.69) is 10.3 Å². The number of H-pyrrole nitrogens is 1. The summed E-state index contributed by atoms with van der Waals surface area (Å²) in [5.41, 5.74) is -0.292. The summed E-state index contributed by atoms with van der Waals surface area (Å²) < 4.78 is 20.8. The van der Waals surface area contributed by atoms with Crippen LogP contribution >= 0.6 is 0 Å². The second kappa shape index (κ2) is 9.70. The molecule has 9 nitrogen and oxygen atoms in total. The maximum Gasteiger partial charge on any atom is 0.411 e. The maximum absolute atomic E-state index is 15.3. The Bertz CT molecular complexity index is 1640. The predicted molar refractivity (Wildman–Crippen MR) is 141 cm³/mol. The first-order chi connectivity index (χ1) is 18.5. The normalized spacial score (nSPS) is 21.0. The van der Waals surface area contributed by atoms with Crippen LogP contribution in [0.5, 0.6) is 0 Å². The summed E-state index contributed by atoms with van der Waals surface area (Å²) in [4.78, 5) is 43.2. The van der Waals surface area contributed by atoms with Crippen molar-refractivity contribution in [2.24, 2.45) is 5.92 Å². The number of nitrogens with one attached hydrogen (secondary N) is 2. The largest absolute Gasteiger partial charge is 0.444 e. The molecule has 1 saturated carbocycles. The van der Waals surface area contributed by atoms with Crippen LogP contribution in [-0.2, 0) is 16.0 Å². The van der Waals surface area contributed by atoms with Crippen molar-refractivity contribution in [1.29, 1.82) is 10.5 Å². The van der Waals surface area contributed by atoms with Gasteiger partial charge in [0.25, 0.3) is 5.56 Å². The van der Waals surface area contributed by atoms with Crippen LogP contribution in [-0.4, -0.2) is 45.6 Å². The molecule has 1 aromatic heterocycles. The second-order valence-corrected chi connectivity index (χ2v) is 11.3. The molecular weight excluding hydrogens is 501 g/mol. The van der Waals surface area contributed by atoms with Crippen molar-refractivity contribution in [2.75, 3.05) is 0 Å². The highest BCUT2D eigenvalue weighted by Crippen LogP contribution is 2.43. The average Bonchev–Trinajstić information content (AvgIpc) is 3.50. The number of benzene rings is 2. The summed E-state index contributed by atoms with van der Waals surface area (Å²) in [6, 6.07) is 9.48. The molecule has 2 amide bonds. The topological polar surface area (TPSA) is 139 Å². The van der Waals surface area contributed by atoms with Gasteiger partial charge >= 0.3 is 6.09 Å². The number of aromatic amines is 1. The van der Waals surface area contributed by atoms with Crippen LogP contribution in [0.15, 0.2) is 35.1 Å². The summed E-state index contributed by atoms with van der Waals surface area (Å²) in [6.07, 6.45) is 1.56. The quantitative estimate of drug-likeness (QED) is 0.489. The molecule has 3 aromatic rings. The van der Waals surface area contributed by atoms with Crippen LogP contribution in [0.2, 0.25) is 0 Å². The number of carbonyl (C=O) groups is 2. The summed E-state index contributed by atoms with van der Waals surface area (Å²) >= 11 is 0. The standard InChI is InChI=1S/C29H28FN5O4/c1-29(2,3)39-28(38)35-19-6-5-16(10-19)25(35)27(37)33-18(14-32)9-17-11-22-21(12-23(17)30)20-7-4-15(13-31)8-24(20)34-26(22)36/h4,7-8,11-12,16,18-19,25H,5-6,9-10H2,1-3H3,(H,33,37)(H,34,36)/t16-,18?,19+,25-/m0/s1. The van der Waals surface area contributed by atoms with Gasteiger partial charge in [0.05, 0.1) is 23.2 Å². The lowest BCUT2D eigenvalue weighted by atomic mass is 9.96. The zero-order valence-electron chi connectivity index (χ0n) is 21.9. The Hall–Kier alpha value is -4.44. The minimum atomic E-state index is -1.08. The Kier molecular flexibility index (Phi) is 6.51. The highest BCUT2D eigenvalue weighted by Gasteiger charge is 2.52. The number of amides is 2. The molecule has 1 aliphatic carbocycles. The van der Waals surface area contributed by atoms with Gasteiger partial charge in [-0.15, -0.1) is 0 Å². The van der Waals surface area contributed by atoms with Gasteiger partial charge in [-0.25, -0.2) is 9.18 Å². The van der Waals surface area contributed by atoms with Gasteiger partial charge in [0.15, 0.2) is 0 Å². The summed E-state index contributed by atoms with van der Waals surface area (Å²) in [6.45, 7) is 5.28. The van der Waals surface area contributed by atoms with E-state index in [0.29, 0.717) is 28.3 Å². The molecule has 2 N–H and O–H groups in total. The second-order valence-electron chi connectivity index (χ2n) is 11.3. The highest BCUT2D eigenvalue weighted by molar-refractivity contribution is 6.05. The van der Waals surface area contributed by atoms with E-state index in [0.717, 1.165) is 12.8 Å². The molecule has 0 spiro atoms. The number of nitriles is 2. The molecule has 2 fully saturated rings. The number of hydrogen-bond donors (Lipinski definition) is 2. The number of pyridine rings is 1. The zero-order valence-corrected chi connectivity index (χ0v) is 21.9. The van der Waals surface area contributed by atoms with Crippen molar-refractivity contribution in [1.82, 2.24) is 15.2 Å². The van der Waals surface area contributed by atoms with Crippen LogP contribution in [0.25, 0.3) is 21.7 Å². The maximum atomic E-state index is 15.3. The molecule has 1 unspecified atom stereocenters. The minimum Gasteiger partial charge on any atom is -0.444 e. The van der Waals surface area contributed by atoms with Crippen LogP contribution in [0.3, 0.4) is 0 Å². The van der Waals surface area contributed by atoms with E-state index in [9.17, 15) is 19.6 Å². The van der Waals surface area contributed by atoms with Gasteiger partial charge in [0.1, 0.15) is 23.5 Å². The number of aromatic nitrogens is 1. The van der Waals surface area contributed by atoms with Crippen LogP contribution in [0.4, 0.5) is 9.18 Å². The monoisotopic (exact) mass is 529 g/mol. The van der Waals surface area contributed by atoms with E-state index >= 15 is 4.39 Å². The average molecular weight is 530 g/mol. The first kappa shape index (κ1) is 26.2. The number of carbonyl (C=O) groups excluding carboxylic acids is 2. The van der Waals surface area contributed by atoms with Crippen molar-refractivity contribution in [2.45, 2.75) is 70.2 Å². The third-order valence-electron chi connectivity index (χ3n) is 7.47. The SMILES string of the molecule is CC(C)(C)OC(=O)N1[C@@H]2CC[C@@H](C2)[C@H]1C(=O)NC(C#N)Cc1cc2c(=O)[nH]c3cc(C#N)ccc3c2cc1F. The van der Waals surface area contributed by atoms with E-state index in [4.69, 9.17) is 10.00 Å².